The Hall–Kier alpha value is -2.42. The van der Waals surface area contributed by atoms with Crippen molar-refractivity contribution in [1.29, 1.82) is 0 Å². The highest BCUT2D eigenvalue weighted by molar-refractivity contribution is 7.10. The van der Waals surface area contributed by atoms with Gasteiger partial charge in [0, 0.05) is 17.1 Å². The predicted octanol–water partition coefficient (Wildman–Crippen LogP) is 4.21. The van der Waals surface area contributed by atoms with Crippen LogP contribution in [-0.4, -0.2) is 23.3 Å². The maximum atomic E-state index is 13.3. The van der Waals surface area contributed by atoms with Gasteiger partial charge in [-0.3, -0.25) is 9.59 Å². The Morgan fingerprint density at radius 3 is 2.65 bits per heavy atom. The van der Waals surface area contributed by atoms with Crippen molar-refractivity contribution in [1.82, 2.24) is 4.90 Å². The molecular weight excluding hydrogens is 372 g/mol. The van der Waals surface area contributed by atoms with Crippen molar-refractivity contribution in [3.05, 3.63) is 52.0 Å². The van der Waals surface area contributed by atoms with Crippen LogP contribution in [0.5, 0.6) is 0 Å². The molecule has 2 heterocycles. The number of amides is 2. The summed E-state index contributed by atoms with van der Waals surface area (Å²) in [7, 11) is 0. The molecule has 1 fully saturated rings. The fraction of sp³-hybridized carbons (Fsp3) is 0.294. The van der Waals surface area contributed by atoms with E-state index in [0.717, 1.165) is 17.4 Å². The van der Waals surface area contributed by atoms with Gasteiger partial charge in [-0.25, -0.2) is 4.39 Å². The molecule has 4 nitrogen and oxygen atoms in total. The number of thiophene rings is 1. The number of nitrogens with one attached hydrogen (secondary N) is 1. The average Bonchev–Trinajstić information content (AvgIpc) is 3.25. The molecule has 0 bridgehead atoms. The lowest BCUT2D eigenvalue weighted by molar-refractivity contribution is -0.143. The smallest absolute Gasteiger partial charge is 0.327 e. The Labute approximate surface area is 150 Å². The molecule has 3 rings (SSSR count). The summed E-state index contributed by atoms with van der Waals surface area (Å²) in [6, 6.07) is 5.56. The number of likely N-dealkylation sites (tertiary alicyclic amines) is 1. The zero-order valence-electron chi connectivity index (χ0n) is 13.3. The minimum atomic E-state index is -4.89. The van der Waals surface area contributed by atoms with E-state index in [1.165, 1.54) is 16.2 Å². The first-order chi connectivity index (χ1) is 12.3. The number of hydrogen-bond acceptors (Lipinski definition) is 3. The Morgan fingerprint density at radius 1 is 1.23 bits per heavy atom. The van der Waals surface area contributed by atoms with E-state index in [0.29, 0.717) is 25.1 Å². The molecule has 1 aromatic heterocycles. The van der Waals surface area contributed by atoms with Gasteiger partial charge in [0.25, 0.3) is 0 Å². The van der Waals surface area contributed by atoms with Crippen LogP contribution in [0.1, 0.15) is 29.3 Å². The molecule has 1 aliphatic rings. The Morgan fingerprint density at radius 2 is 2.00 bits per heavy atom. The van der Waals surface area contributed by atoms with Crippen LogP contribution in [0.15, 0.2) is 35.7 Å². The molecular formula is C17H14F4N2O2S. The standard InChI is InChI=1S/C17H14F4N2O2S/c18-12-6-5-10(9-11(12)17(19,20)21)22-15(24)16(25)23-7-1-3-13(23)14-4-2-8-26-14/h2,4-6,8-9,13H,1,3,7H2,(H,22,24)/t13-/m1/s1. The minimum absolute atomic E-state index is 0.216. The highest BCUT2D eigenvalue weighted by Crippen LogP contribution is 2.35. The van der Waals surface area contributed by atoms with Gasteiger partial charge in [-0.2, -0.15) is 13.2 Å². The summed E-state index contributed by atoms with van der Waals surface area (Å²) < 4.78 is 51.6. The Kier molecular flexibility index (Phi) is 4.99. The van der Waals surface area contributed by atoms with Crippen LogP contribution >= 0.6 is 11.3 Å². The lowest BCUT2D eigenvalue weighted by Crippen LogP contribution is -2.39. The third-order valence-corrected chi connectivity index (χ3v) is 5.08. The summed E-state index contributed by atoms with van der Waals surface area (Å²) >= 11 is 1.47. The van der Waals surface area contributed by atoms with Crippen LogP contribution in [0.4, 0.5) is 23.2 Å². The van der Waals surface area contributed by atoms with Crippen molar-refractivity contribution < 1.29 is 27.2 Å². The molecule has 0 spiro atoms. The lowest BCUT2D eigenvalue weighted by Gasteiger charge is -2.23. The van der Waals surface area contributed by atoms with E-state index >= 15 is 0 Å². The van der Waals surface area contributed by atoms with Crippen LogP contribution in [0.25, 0.3) is 0 Å². The van der Waals surface area contributed by atoms with Gasteiger partial charge in [-0.15, -0.1) is 11.3 Å². The van der Waals surface area contributed by atoms with Crippen LogP contribution < -0.4 is 5.32 Å². The van der Waals surface area contributed by atoms with E-state index in [1.54, 1.807) is 0 Å². The van der Waals surface area contributed by atoms with Gasteiger partial charge in [-0.1, -0.05) is 6.07 Å². The zero-order valence-corrected chi connectivity index (χ0v) is 14.2. The lowest BCUT2D eigenvalue weighted by atomic mass is 10.1. The molecule has 0 aliphatic carbocycles. The van der Waals surface area contributed by atoms with Crippen molar-refractivity contribution in [2.75, 3.05) is 11.9 Å². The Balaban J connectivity index is 1.75. The van der Waals surface area contributed by atoms with Crippen LogP contribution in [0.3, 0.4) is 0 Å². The normalized spacial score (nSPS) is 17.4. The van der Waals surface area contributed by atoms with Gasteiger partial charge in [0.1, 0.15) is 5.82 Å². The molecule has 2 amide bonds. The van der Waals surface area contributed by atoms with E-state index < -0.39 is 29.4 Å². The van der Waals surface area contributed by atoms with Gasteiger partial charge in [-0.05, 0) is 42.5 Å². The van der Waals surface area contributed by atoms with Crippen molar-refractivity contribution in [2.24, 2.45) is 0 Å². The van der Waals surface area contributed by atoms with Crippen LogP contribution in [0.2, 0.25) is 0 Å². The predicted molar refractivity (Wildman–Crippen MR) is 88.0 cm³/mol. The number of anilines is 1. The summed E-state index contributed by atoms with van der Waals surface area (Å²) in [5, 5.41) is 4.00. The van der Waals surface area contributed by atoms with Gasteiger partial charge < -0.3 is 10.2 Å². The summed E-state index contributed by atoms with van der Waals surface area (Å²) in [6.07, 6.45) is -3.45. The molecule has 26 heavy (non-hydrogen) atoms. The van der Waals surface area contributed by atoms with Crippen molar-refractivity contribution in [2.45, 2.75) is 25.1 Å². The first kappa shape index (κ1) is 18.4. The summed E-state index contributed by atoms with van der Waals surface area (Å²) in [4.78, 5) is 27.0. The van der Waals surface area contributed by atoms with Crippen LogP contribution in [-0.2, 0) is 15.8 Å². The average molecular weight is 386 g/mol. The van der Waals surface area contributed by atoms with Gasteiger partial charge >= 0.3 is 18.0 Å². The second-order valence-electron chi connectivity index (χ2n) is 5.82. The van der Waals surface area contributed by atoms with E-state index in [9.17, 15) is 27.2 Å². The first-order valence-corrected chi connectivity index (χ1v) is 8.67. The molecule has 0 unspecified atom stereocenters. The van der Waals surface area contributed by atoms with Crippen molar-refractivity contribution in [3.8, 4) is 0 Å². The summed E-state index contributed by atoms with van der Waals surface area (Å²) in [5.74, 6) is -3.31. The minimum Gasteiger partial charge on any atom is -0.327 e. The van der Waals surface area contributed by atoms with Crippen molar-refractivity contribution in [3.63, 3.8) is 0 Å². The summed E-state index contributed by atoms with van der Waals surface area (Å²) in [6.45, 7) is 0.395. The van der Waals surface area contributed by atoms with Crippen molar-refractivity contribution >= 4 is 28.8 Å². The van der Waals surface area contributed by atoms with Gasteiger partial charge in [0.05, 0.1) is 11.6 Å². The third kappa shape index (κ3) is 3.72. The molecule has 0 saturated carbocycles. The molecule has 2 aromatic rings. The van der Waals surface area contributed by atoms with Gasteiger partial charge in [0.2, 0.25) is 0 Å². The molecule has 1 saturated heterocycles. The molecule has 138 valence electrons. The second kappa shape index (κ2) is 7.06. The quantitative estimate of drug-likeness (QED) is 0.621. The number of rotatable bonds is 2. The second-order valence-corrected chi connectivity index (χ2v) is 6.80. The van der Waals surface area contributed by atoms with Gasteiger partial charge in [0.15, 0.2) is 0 Å². The highest BCUT2D eigenvalue weighted by Gasteiger charge is 2.36. The van der Waals surface area contributed by atoms with E-state index in [4.69, 9.17) is 0 Å². The summed E-state index contributed by atoms with van der Waals surface area (Å²) in [5.41, 5.74) is -1.79. The molecule has 1 N–H and O–H groups in total. The number of hydrogen-bond donors (Lipinski definition) is 1. The number of carbonyl (C=O) groups excluding carboxylic acids is 2. The molecule has 1 aliphatic heterocycles. The number of benzene rings is 1. The SMILES string of the molecule is O=C(Nc1ccc(F)c(C(F)(F)F)c1)C(=O)N1CCC[C@@H]1c1cccs1. The van der Waals surface area contributed by atoms with E-state index in [1.807, 2.05) is 17.5 Å². The number of halogens is 4. The number of carbonyl (C=O) groups is 2. The number of alkyl halides is 3. The maximum Gasteiger partial charge on any atom is 0.419 e. The first-order valence-electron chi connectivity index (χ1n) is 7.79. The topological polar surface area (TPSA) is 49.4 Å². The monoisotopic (exact) mass is 386 g/mol. The maximum absolute atomic E-state index is 13.3. The highest BCUT2D eigenvalue weighted by atomic mass is 32.1. The number of nitrogens with zero attached hydrogens (tertiary/aromatic N) is 1. The Bertz CT molecular complexity index is 821. The molecule has 0 radical (unpaired) electrons. The largest absolute Gasteiger partial charge is 0.419 e. The third-order valence-electron chi connectivity index (χ3n) is 4.11. The van der Waals surface area contributed by atoms with E-state index in [-0.39, 0.29) is 11.7 Å². The molecule has 1 aromatic carbocycles. The molecule has 9 heteroatoms. The fourth-order valence-electron chi connectivity index (χ4n) is 2.92. The molecule has 1 atom stereocenters. The van der Waals surface area contributed by atoms with Crippen LogP contribution in [0, 0.1) is 5.82 Å². The van der Waals surface area contributed by atoms with E-state index in [2.05, 4.69) is 5.32 Å². The fourth-order valence-corrected chi connectivity index (χ4v) is 3.80. The zero-order chi connectivity index (χ0) is 18.9.